The van der Waals surface area contributed by atoms with Crippen molar-refractivity contribution in [2.24, 2.45) is 0 Å². The number of carbonyl (C=O) groups excluding carboxylic acids is 1. The van der Waals surface area contributed by atoms with Crippen molar-refractivity contribution < 1.29 is 109 Å². The lowest BCUT2D eigenvalue weighted by molar-refractivity contribution is -0.365. The van der Waals surface area contributed by atoms with Crippen molar-refractivity contribution in [2.75, 3.05) is 19.8 Å². The van der Waals surface area contributed by atoms with Crippen LogP contribution in [-0.2, 0) is 47.5 Å². The number of aliphatic hydroxyl groups excluding tert-OH is 10. The smallest absolute Gasteiger partial charge is 0.335 e. The number of carboxylic acids is 2. The summed E-state index contributed by atoms with van der Waals surface area (Å²) in [5.41, 5.74) is 0. The number of nitrogens with one attached hydrogen (secondary N) is 1. The van der Waals surface area contributed by atoms with Gasteiger partial charge >= 0.3 is 11.9 Å². The Bertz CT molecular complexity index is 1150. The summed E-state index contributed by atoms with van der Waals surface area (Å²) < 4.78 is 37.9. The largest absolute Gasteiger partial charge is 0.479 e. The van der Waals surface area contributed by atoms with Gasteiger partial charge in [0.1, 0.15) is 85.4 Å². The molecule has 19 atom stereocenters. The van der Waals surface area contributed by atoms with Crippen LogP contribution in [0.15, 0.2) is 0 Å². The number of carbonyl (C=O) groups is 3. The van der Waals surface area contributed by atoms with Crippen LogP contribution in [0.25, 0.3) is 0 Å². The zero-order chi connectivity index (χ0) is 36.5. The van der Waals surface area contributed by atoms with E-state index in [0.717, 1.165) is 6.92 Å². The number of ether oxygens (including phenoxy) is 7. The molecule has 4 saturated heterocycles. The van der Waals surface area contributed by atoms with Crippen molar-refractivity contribution >= 4 is 17.8 Å². The number of hydrogen-bond acceptors (Lipinski definition) is 20. The SMILES string of the molecule is CC(=O)N[C@H]1[C@@H](O[C@H]2[C@H](O)[C@@H](O)[C@H](O[C@H]3[C@H](O)[C@@H](CO)O[C@@H]3CO)O[C@@H]2C(=O)O)O[C@H](CO)[C@@H](O[C@@H]2O[C@H](C(=O)O)[C@@H](O)[C@H](O)[C@H]2O)[C@@H]1O. The third-order valence-electron chi connectivity index (χ3n) is 8.49. The second-order valence-electron chi connectivity index (χ2n) is 11.8. The van der Waals surface area contributed by atoms with Gasteiger partial charge in [-0.2, -0.15) is 0 Å². The van der Waals surface area contributed by atoms with Gasteiger partial charge < -0.3 is 99.8 Å². The molecule has 4 heterocycles. The molecule has 1 amide bonds. The molecule has 0 saturated carbocycles. The van der Waals surface area contributed by atoms with E-state index < -0.39 is 154 Å². The fourth-order valence-electron chi connectivity index (χ4n) is 5.95. The standard InChI is InChI=1S/C26H41NO22/c1-5(31)27-9-11(33)18(46-25-15(37)12(34)13(35)20(48-25)22(39)40)8(4-30)44-24(9)47-19-14(36)16(38)26(49-21(19)23(41)42)45-17-7(3-29)43-6(2-28)10(17)32/h6-21,24-26,28-30,32-38H,2-4H2,1H3,(H,27,31)(H,39,40)(H,41,42)/t6-,7-,8-,9-,10-,11-,12+,13+,14-,15-,16-,17-,18-,19+,20+,21+,24-,25-,26-/m1/s1. The van der Waals surface area contributed by atoms with E-state index in [1.807, 2.05) is 0 Å². The normalized spacial score (nSPS) is 47.4. The van der Waals surface area contributed by atoms with Gasteiger partial charge in [-0.1, -0.05) is 0 Å². The van der Waals surface area contributed by atoms with Gasteiger partial charge in [-0.3, -0.25) is 4.79 Å². The van der Waals surface area contributed by atoms with E-state index in [0.29, 0.717) is 0 Å². The number of carboxylic acid groups (broad SMARTS) is 2. The summed E-state index contributed by atoms with van der Waals surface area (Å²) in [6.45, 7) is -1.43. The quantitative estimate of drug-likeness (QED) is 0.0890. The van der Waals surface area contributed by atoms with Crippen LogP contribution >= 0.6 is 0 Å². The van der Waals surface area contributed by atoms with Crippen molar-refractivity contribution in [1.29, 1.82) is 0 Å². The first kappa shape index (κ1) is 39.5. The highest BCUT2D eigenvalue weighted by Gasteiger charge is 2.57. The summed E-state index contributed by atoms with van der Waals surface area (Å²) >= 11 is 0. The second kappa shape index (κ2) is 16.4. The van der Waals surface area contributed by atoms with Crippen LogP contribution in [0.3, 0.4) is 0 Å². The number of rotatable bonds is 12. The lowest BCUT2D eigenvalue weighted by Crippen LogP contribution is -2.69. The topological polar surface area (TPSA) is 371 Å². The molecule has 282 valence electrons. The molecule has 0 aliphatic carbocycles. The maximum absolute atomic E-state index is 12.3. The van der Waals surface area contributed by atoms with E-state index in [9.17, 15) is 75.7 Å². The van der Waals surface area contributed by atoms with Crippen LogP contribution in [0.5, 0.6) is 0 Å². The van der Waals surface area contributed by atoms with Crippen molar-refractivity contribution in [3.63, 3.8) is 0 Å². The van der Waals surface area contributed by atoms with E-state index in [1.165, 1.54) is 0 Å². The van der Waals surface area contributed by atoms with Crippen LogP contribution in [0, 0.1) is 0 Å². The van der Waals surface area contributed by atoms with Crippen LogP contribution in [0.1, 0.15) is 6.92 Å². The summed E-state index contributed by atoms with van der Waals surface area (Å²) in [5, 5.41) is 124. The highest BCUT2D eigenvalue weighted by Crippen LogP contribution is 2.34. The van der Waals surface area contributed by atoms with Crippen LogP contribution in [-0.4, -0.2) is 215 Å². The third kappa shape index (κ3) is 8.13. The molecule has 0 unspecified atom stereocenters. The molecule has 23 nitrogen and oxygen atoms in total. The number of amides is 1. The van der Waals surface area contributed by atoms with Crippen LogP contribution < -0.4 is 5.32 Å². The molecule has 4 fully saturated rings. The highest BCUT2D eigenvalue weighted by molar-refractivity contribution is 5.74. The molecular formula is C26H41NO22. The Morgan fingerprint density at radius 1 is 0.531 bits per heavy atom. The van der Waals surface area contributed by atoms with Gasteiger partial charge in [0.05, 0.1) is 19.8 Å². The molecule has 4 rings (SSSR count). The zero-order valence-corrected chi connectivity index (χ0v) is 25.5. The van der Waals surface area contributed by atoms with Gasteiger partial charge in [0.25, 0.3) is 0 Å². The molecule has 0 aromatic rings. The number of aliphatic carboxylic acids is 2. The molecule has 4 aliphatic heterocycles. The monoisotopic (exact) mass is 719 g/mol. The minimum atomic E-state index is -2.19. The van der Waals surface area contributed by atoms with Crippen molar-refractivity contribution in [1.82, 2.24) is 5.32 Å². The van der Waals surface area contributed by atoms with Gasteiger partial charge in [-0.15, -0.1) is 0 Å². The fourth-order valence-corrected chi connectivity index (χ4v) is 5.95. The van der Waals surface area contributed by atoms with Gasteiger partial charge in [0.15, 0.2) is 31.1 Å². The minimum Gasteiger partial charge on any atom is -0.479 e. The van der Waals surface area contributed by atoms with E-state index in [4.69, 9.17) is 33.2 Å². The number of hydrogen-bond donors (Lipinski definition) is 13. The maximum atomic E-state index is 12.3. The van der Waals surface area contributed by atoms with E-state index >= 15 is 0 Å². The van der Waals surface area contributed by atoms with E-state index in [1.54, 1.807) is 0 Å². The molecular weight excluding hydrogens is 678 g/mol. The van der Waals surface area contributed by atoms with Gasteiger partial charge in [0, 0.05) is 6.92 Å². The van der Waals surface area contributed by atoms with Crippen molar-refractivity contribution in [3.05, 3.63) is 0 Å². The predicted molar refractivity (Wildman–Crippen MR) is 145 cm³/mol. The Kier molecular flexibility index (Phi) is 13.2. The Balaban J connectivity index is 1.54. The second-order valence-corrected chi connectivity index (χ2v) is 11.8. The maximum Gasteiger partial charge on any atom is 0.335 e. The van der Waals surface area contributed by atoms with Crippen LogP contribution in [0.2, 0.25) is 0 Å². The molecule has 49 heavy (non-hydrogen) atoms. The van der Waals surface area contributed by atoms with Gasteiger partial charge in [0.2, 0.25) is 5.91 Å². The fraction of sp³-hybridized carbons (Fsp3) is 0.885. The summed E-state index contributed by atoms with van der Waals surface area (Å²) in [6.07, 6.45) is -33.9. The third-order valence-corrected chi connectivity index (χ3v) is 8.49. The van der Waals surface area contributed by atoms with E-state index in [-0.39, 0.29) is 0 Å². The van der Waals surface area contributed by atoms with Crippen LogP contribution in [0.4, 0.5) is 0 Å². The Hall–Kier alpha value is -2.27. The van der Waals surface area contributed by atoms with Gasteiger partial charge in [-0.25, -0.2) is 9.59 Å². The Morgan fingerprint density at radius 3 is 1.51 bits per heavy atom. The Labute approximate surface area is 275 Å². The molecule has 0 bridgehead atoms. The van der Waals surface area contributed by atoms with E-state index in [2.05, 4.69) is 5.32 Å². The van der Waals surface area contributed by atoms with Crippen molar-refractivity contribution in [2.45, 2.75) is 123 Å². The van der Waals surface area contributed by atoms with Gasteiger partial charge in [-0.05, 0) is 0 Å². The average molecular weight is 720 g/mol. The van der Waals surface area contributed by atoms with Crippen molar-refractivity contribution in [3.8, 4) is 0 Å². The predicted octanol–water partition coefficient (Wildman–Crippen LogP) is -8.74. The molecule has 0 aromatic heterocycles. The molecule has 4 aliphatic rings. The first-order chi connectivity index (χ1) is 23.1. The first-order valence-electron chi connectivity index (χ1n) is 15.0. The lowest BCUT2D eigenvalue weighted by atomic mass is 9.94. The summed E-state index contributed by atoms with van der Waals surface area (Å²) in [7, 11) is 0. The Morgan fingerprint density at radius 2 is 1.00 bits per heavy atom. The number of aliphatic hydroxyl groups is 10. The molecule has 0 radical (unpaired) electrons. The first-order valence-corrected chi connectivity index (χ1v) is 15.0. The average Bonchev–Trinajstić information content (AvgIpc) is 3.36. The minimum absolute atomic E-state index is 0.687. The molecule has 0 aromatic carbocycles. The molecule has 13 N–H and O–H groups in total. The molecule has 23 heteroatoms. The molecule has 0 spiro atoms. The summed E-state index contributed by atoms with van der Waals surface area (Å²) in [4.78, 5) is 35.9. The lowest BCUT2D eigenvalue weighted by Gasteiger charge is -2.49. The summed E-state index contributed by atoms with van der Waals surface area (Å²) in [5.74, 6) is -4.37. The summed E-state index contributed by atoms with van der Waals surface area (Å²) in [6, 6.07) is -1.74. The zero-order valence-electron chi connectivity index (χ0n) is 25.5. The highest BCUT2D eigenvalue weighted by atomic mass is 16.8.